The molecule has 0 aromatic carbocycles. The van der Waals surface area contributed by atoms with Gasteiger partial charge >= 0.3 is 0 Å². The van der Waals surface area contributed by atoms with E-state index in [4.69, 9.17) is 9.26 Å². The summed E-state index contributed by atoms with van der Waals surface area (Å²) in [5.74, 6) is 0.641. The second-order valence-corrected chi connectivity index (χ2v) is 5.85. The van der Waals surface area contributed by atoms with Crippen molar-refractivity contribution in [3.63, 3.8) is 0 Å². The molecule has 0 aliphatic heterocycles. The highest BCUT2D eigenvalue weighted by atomic mass is 32.2. The molecule has 0 bridgehead atoms. The second-order valence-electron chi connectivity index (χ2n) is 4.15. The Morgan fingerprint density at radius 3 is 2.75 bits per heavy atom. The lowest BCUT2D eigenvalue weighted by atomic mass is 10.3. The van der Waals surface area contributed by atoms with Crippen LogP contribution in [0.3, 0.4) is 0 Å². The molecule has 2 heterocycles. The molecule has 108 valence electrons. The van der Waals surface area contributed by atoms with E-state index >= 15 is 0 Å². The Labute approximate surface area is 117 Å². The summed E-state index contributed by atoms with van der Waals surface area (Å²) in [7, 11) is -2.21. The van der Waals surface area contributed by atoms with Crippen molar-refractivity contribution in [2.75, 3.05) is 7.11 Å². The minimum Gasteiger partial charge on any atom is -0.481 e. The number of pyridine rings is 1. The van der Waals surface area contributed by atoms with E-state index in [0.29, 0.717) is 17.1 Å². The molecule has 20 heavy (non-hydrogen) atoms. The monoisotopic (exact) mass is 297 g/mol. The maximum Gasteiger partial charge on any atom is 0.246 e. The normalized spacial score (nSPS) is 11.6. The van der Waals surface area contributed by atoms with Gasteiger partial charge in [-0.2, -0.15) is 0 Å². The predicted molar refractivity (Wildman–Crippen MR) is 70.8 cm³/mol. The van der Waals surface area contributed by atoms with Crippen LogP contribution < -0.4 is 9.46 Å². The fourth-order valence-electron chi connectivity index (χ4n) is 1.85. The van der Waals surface area contributed by atoms with Crippen molar-refractivity contribution in [3.05, 3.63) is 35.3 Å². The molecule has 0 saturated heterocycles. The molecule has 0 fully saturated rings. The number of ether oxygens (including phenoxy) is 1. The molecule has 8 heteroatoms. The van der Waals surface area contributed by atoms with Gasteiger partial charge in [-0.1, -0.05) is 11.2 Å². The molecule has 0 aliphatic carbocycles. The van der Waals surface area contributed by atoms with Gasteiger partial charge in [0.25, 0.3) is 0 Å². The van der Waals surface area contributed by atoms with Crippen LogP contribution in [0.4, 0.5) is 0 Å². The number of aryl methyl sites for hydroxylation is 2. The largest absolute Gasteiger partial charge is 0.481 e. The van der Waals surface area contributed by atoms with Crippen LogP contribution in [0.5, 0.6) is 5.88 Å². The fraction of sp³-hybridized carbons (Fsp3) is 0.333. The summed E-state index contributed by atoms with van der Waals surface area (Å²) >= 11 is 0. The molecule has 0 atom stereocenters. The molecule has 1 N–H and O–H groups in total. The first-order valence-electron chi connectivity index (χ1n) is 5.86. The zero-order valence-corrected chi connectivity index (χ0v) is 12.2. The van der Waals surface area contributed by atoms with Crippen molar-refractivity contribution in [2.45, 2.75) is 25.3 Å². The lowest BCUT2D eigenvalue weighted by Crippen LogP contribution is -2.24. The summed E-state index contributed by atoms with van der Waals surface area (Å²) < 4.78 is 36.9. The van der Waals surface area contributed by atoms with Crippen molar-refractivity contribution in [1.82, 2.24) is 14.9 Å². The van der Waals surface area contributed by atoms with Crippen LogP contribution in [-0.4, -0.2) is 25.7 Å². The van der Waals surface area contributed by atoms with Gasteiger partial charge in [0.1, 0.15) is 10.6 Å². The number of hydrogen-bond donors (Lipinski definition) is 1. The molecule has 0 spiro atoms. The number of rotatable bonds is 5. The molecule has 7 nitrogen and oxygen atoms in total. The first-order valence-corrected chi connectivity index (χ1v) is 7.34. The average molecular weight is 297 g/mol. The Balaban J connectivity index is 2.22. The third kappa shape index (κ3) is 2.81. The highest BCUT2D eigenvalue weighted by molar-refractivity contribution is 7.89. The highest BCUT2D eigenvalue weighted by Gasteiger charge is 2.24. The standard InChI is InChI=1S/C12H15N3O4S/c1-8-11(9(2)19-15-8)20(16,17)14-7-10-5-4-6-13-12(10)18-3/h4-6,14H,7H2,1-3H3. The van der Waals surface area contributed by atoms with Crippen molar-refractivity contribution in [3.8, 4) is 5.88 Å². The van der Waals surface area contributed by atoms with Gasteiger partial charge in [0.05, 0.1) is 7.11 Å². The maximum absolute atomic E-state index is 12.2. The number of hydrogen-bond acceptors (Lipinski definition) is 6. The lowest BCUT2D eigenvalue weighted by Gasteiger charge is -2.08. The Kier molecular flexibility index (Phi) is 4.05. The van der Waals surface area contributed by atoms with Crippen LogP contribution in [-0.2, 0) is 16.6 Å². The molecule has 0 saturated carbocycles. The minimum absolute atomic E-state index is 0.0698. The molecular formula is C12H15N3O4S. The summed E-state index contributed by atoms with van der Waals surface area (Å²) in [6.07, 6.45) is 1.57. The quantitative estimate of drug-likeness (QED) is 0.890. The van der Waals surface area contributed by atoms with Gasteiger partial charge in [-0.15, -0.1) is 0 Å². The Bertz CT molecular complexity index is 690. The van der Waals surface area contributed by atoms with Gasteiger partial charge in [-0.25, -0.2) is 18.1 Å². The first kappa shape index (κ1) is 14.5. The van der Waals surface area contributed by atoms with Crippen LogP contribution >= 0.6 is 0 Å². The van der Waals surface area contributed by atoms with Crippen LogP contribution in [0.2, 0.25) is 0 Å². The van der Waals surface area contributed by atoms with Crippen LogP contribution in [0.25, 0.3) is 0 Å². The van der Waals surface area contributed by atoms with Crippen molar-refractivity contribution in [1.29, 1.82) is 0 Å². The van der Waals surface area contributed by atoms with E-state index in [9.17, 15) is 8.42 Å². The van der Waals surface area contributed by atoms with Gasteiger partial charge in [0, 0.05) is 18.3 Å². The molecule has 0 unspecified atom stereocenters. The smallest absolute Gasteiger partial charge is 0.246 e. The molecule has 0 amide bonds. The van der Waals surface area contributed by atoms with E-state index in [-0.39, 0.29) is 17.2 Å². The summed E-state index contributed by atoms with van der Waals surface area (Å²) in [5.41, 5.74) is 0.971. The third-order valence-electron chi connectivity index (χ3n) is 2.73. The average Bonchev–Trinajstić information content (AvgIpc) is 2.77. The van der Waals surface area contributed by atoms with E-state index in [2.05, 4.69) is 14.9 Å². The molecule has 2 aromatic heterocycles. The molecule has 2 aromatic rings. The van der Waals surface area contributed by atoms with Gasteiger partial charge < -0.3 is 9.26 Å². The lowest BCUT2D eigenvalue weighted by molar-refractivity contribution is 0.390. The Hall–Kier alpha value is -1.93. The van der Waals surface area contributed by atoms with Crippen molar-refractivity contribution >= 4 is 10.0 Å². The van der Waals surface area contributed by atoms with Crippen LogP contribution in [0, 0.1) is 13.8 Å². The predicted octanol–water partition coefficient (Wildman–Crippen LogP) is 1.17. The topological polar surface area (TPSA) is 94.3 Å². The first-order chi connectivity index (χ1) is 9.45. The van der Waals surface area contributed by atoms with Crippen LogP contribution in [0.1, 0.15) is 17.0 Å². The summed E-state index contributed by atoms with van der Waals surface area (Å²) in [6.45, 7) is 3.21. The van der Waals surface area contributed by atoms with Crippen LogP contribution in [0.15, 0.2) is 27.7 Å². The van der Waals surface area contributed by atoms with Crippen molar-refractivity contribution in [2.24, 2.45) is 0 Å². The second kappa shape index (κ2) is 5.59. The van der Waals surface area contributed by atoms with E-state index < -0.39 is 10.0 Å². The number of methoxy groups -OCH3 is 1. The number of sulfonamides is 1. The number of nitrogens with one attached hydrogen (secondary N) is 1. The summed E-state index contributed by atoms with van der Waals surface area (Å²) in [6, 6.07) is 3.45. The zero-order valence-electron chi connectivity index (χ0n) is 11.4. The highest BCUT2D eigenvalue weighted by Crippen LogP contribution is 2.20. The van der Waals surface area contributed by atoms with Gasteiger partial charge in [-0.3, -0.25) is 0 Å². The molecule has 0 radical (unpaired) electrons. The van der Waals surface area contributed by atoms with Crippen molar-refractivity contribution < 1.29 is 17.7 Å². The Morgan fingerprint density at radius 2 is 2.15 bits per heavy atom. The Morgan fingerprint density at radius 1 is 1.40 bits per heavy atom. The molecule has 0 aliphatic rings. The summed E-state index contributed by atoms with van der Waals surface area (Å²) in [5, 5.41) is 3.64. The van der Waals surface area contributed by atoms with Gasteiger partial charge in [0.15, 0.2) is 5.76 Å². The number of aromatic nitrogens is 2. The van der Waals surface area contributed by atoms with E-state index in [1.807, 2.05) is 0 Å². The fourth-order valence-corrected chi connectivity index (χ4v) is 3.18. The summed E-state index contributed by atoms with van der Waals surface area (Å²) in [4.78, 5) is 4.08. The molecule has 2 rings (SSSR count). The van der Waals surface area contributed by atoms with E-state index in [1.165, 1.54) is 7.11 Å². The maximum atomic E-state index is 12.2. The van der Waals surface area contributed by atoms with Gasteiger partial charge in [-0.05, 0) is 19.9 Å². The number of nitrogens with zero attached hydrogens (tertiary/aromatic N) is 2. The van der Waals surface area contributed by atoms with E-state index in [1.54, 1.807) is 32.2 Å². The molecular weight excluding hydrogens is 282 g/mol. The van der Waals surface area contributed by atoms with Gasteiger partial charge in [0.2, 0.25) is 15.9 Å². The SMILES string of the molecule is COc1ncccc1CNS(=O)(=O)c1c(C)noc1C. The third-order valence-corrected chi connectivity index (χ3v) is 4.38. The zero-order chi connectivity index (χ0) is 14.8. The minimum atomic E-state index is -3.69. The van der Waals surface area contributed by atoms with E-state index in [0.717, 1.165) is 0 Å².